The maximum absolute atomic E-state index is 12.3. The number of hydrogen-bond acceptors (Lipinski definition) is 3. The van der Waals surface area contributed by atoms with Crippen LogP contribution in [0.4, 0.5) is 0 Å². The van der Waals surface area contributed by atoms with Crippen LogP contribution in [0.25, 0.3) is 0 Å². The van der Waals surface area contributed by atoms with Gasteiger partial charge in [-0.15, -0.1) is 0 Å². The molecule has 6 heteroatoms. The summed E-state index contributed by atoms with van der Waals surface area (Å²) < 4.78 is 24.6. The van der Waals surface area contributed by atoms with Crippen molar-refractivity contribution >= 4 is 33.0 Å². The van der Waals surface area contributed by atoms with E-state index >= 15 is 0 Å². The van der Waals surface area contributed by atoms with Crippen LogP contribution in [0, 0.1) is 0 Å². The van der Waals surface area contributed by atoms with E-state index in [1.54, 1.807) is 13.1 Å². The molecule has 1 aromatic carbocycles. The zero-order valence-corrected chi connectivity index (χ0v) is 12.7. The zero-order valence-electron chi connectivity index (χ0n) is 10.4. The van der Waals surface area contributed by atoms with Crippen molar-refractivity contribution in [3.63, 3.8) is 0 Å². The summed E-state index contributed by atoms with van der Waals surface area (Å²) in [6.07, 6.45) is 1.70. The predicted molar refractivity (Wildman–Crippen MR) is 76.3 cm³/mol. The van der Waals surface area contributed by atoms with Crippen LogP contribution in [0.3, 0.4) is 0 Å². The van der Waals surface area contributed by atoms with Gasteiger partial charge in [0.25, 0.3) is 0 Å². The van der Waals surface area contributed by atoms with Gasteiger partial charge in [-0.1, -0.05) is 42.6 Å². The van der Waals surface area contributed by atoms with E-state index in [-0.39, 0.29) is 26.7 Å². The summed E-state index contributed by atoms with van der Waals surface area (Å²) in [6.45, 7) is 2.01. The van der Waals surface area contributed by atoms with Crippen molar-refractivity contribution in [1.82, 2.24) is 5.32 Å². The average molecular weight is 310 g/mol. The van der Waals surface area contributed by atoms with E-state index in [1.807, 2.05) is 6.92 Å². The second-order valence-electron chi connectivity index (χ2n) is 4.11. The monoisotopic (exact) mass is 309 g/mol. The molecule has 0 amide bonds. The van der Waals surface area contributed by atoms with Crippen LogP contribution in [0.2, 0.25) is 10.0 Å². The first-order chi connectivity index (χ1) is 8.42. The molecule has 1 rings (SSSR count). The van der Waals surface area contributed by atoms with Crippen LogP contribution in [0.5, 0.6) is 0 Å². The van der Waals surface area contributed by atoms with Crippen LogP contribution in [-0.2, 0) is 9.84 Å². The molecule has 0 heterocycles. The standard InChI is InChI=1S/C12H17Cl2NO2S/c1-3-5-9(15-2)8-18(16,17)12-10(13)6-4-7-11(12)14/h4,6-7,9,15H,3,5,8H2,1-2H3. The highest BCUT2D eigenvalue weighted by Crippen LogP contribution is 2.30. The summed E-state index contributed by atoms with van der Waals surface area (Å²) in [7, 11) is -1.73. The van der Waals surface area contributed by atoms with Gasteiger partial charge in [0.05, 0.1) is 15.8 Å². The third-order valence-corrected chi connectivity index (χ3v) is 5.45. The second-order valence-corrected chi connectivity index (χ2v) is 6.89. The van der Waals surface area contributed by atoms with E-state index in [0.717, 1.165) is 12.8 Å². The lowest BCUT2D eigenvalue weighted by Gasteiger charge is -2.16. The van der Waals surface area contributed by atoms with Crippen LogP contribution in [-0.4, -0.2) is 27.3 Å². The minimum absolute atomic E-state index is 0.000787. The smallest absolute Gasteiger partial charge is 0.182 e. The van der Waals surface area contributed by atoms with Crippen molar-refractivity contribution in [3.8, 4) is 0 Å². The van der Waals surface area contributed by atoms with Crippen LogP contribution >= 0.6 is 23.2 Å². The van der Waals surface area contributed by atoms with Gasteiger partial charge in [0.2, 0.25) is 0 Å². The molecule has 0 saturated heterocycles. The third-order valence-electron chi connectivity index (χ3n) is 2.70. The van der Waals surface area contributed by atoms with Gasteiger partial charge in [-0.05, 0) is 25.6 Å². The number of hydrogen-bond donors (Lipinski definition) is 1. The normalized spacial score (nSPS) is 13.6. The lowest BCUT2D eigenvalue weighted by molar-refractivity contribution is 0.536. The second kappa shape index (κ2) is 6.75. The van der Waals surface area contributed by atoms with E-state index in [0.29, 0.717) is 0 Å². The Bertz CT molecular complexity index is 483. The molecule has 3 nitrogen and oxygen atoms in total. The van der Waals surface area contributed by atoms with Crippen LogP contribution in [0.15, 0.2) is 23.1 Å². The minimum atomic E-state index is -3.48. The van der Waals surface area contributed by atoms with Gasteiger partial charge in [-0.2, -0.15) is 0 Å². The first-order valence-corrected chi connectivity index (χ1v) is 8.17. The Morgan fingerprint density at radius 2 is 1.83 bits per heavy atom. The van der Waals surface area contributed by atoms with E-state index in [2.05, 4.69) is 5.32 Å². The lowest BCUT2D eigenvalue weighted by Crippen LogP contribution is -2.33. The topological polar surface area (TPSA) is 46.2 Å². The molecule has 0 aromatic heterocycles. The highest BCUT2D eigenvalue weighted by molar-refractivity contribution is 7.91. The van der Waals surface area contributed by atoms with E-state index in [9.17, 15) is 8.42 Å². The summed E-state index contributed by atoms with van der Waals surface area (Å²) in [5.74, 6) is 0.000787. The molecule has 1 unspecified atom stereocenters. The fourth-order valence-electron chi connectivity index (χ4n) is 1.79. The van der Waals surface area contributed by atoms with Gasteiger partial charge in [0, 0.05) is 6.04 Å². The number of rotatable bonds is 6. The molecule has 0 aliphatic rings. The van der Waals surface area contributed by atoms with Crippen molar-refractivity contribution in [3.05, 3.63) is 28.2 Å². The van der Waals surface area contributed by atoms with Crippen molar-refractivity contribution in [2.45, 2.75) is 30.7 Å². The Balaban J connectivity index is 3.06. The van der Waals surface area contributed by atoms with Crippen LogP contribution < -0.4 is 5.32 Å². The van der Waals surface area contributed by atoms with Gasteiger partial charge in [-0.25, -0.2) is 8.42 Å². The van der Waals surface area contributed by atoms with Crippen molar-refractivity contribution in [2.24, 2.45) is 0 Å². The highest BCUT2D eigenvalue weighted by atomic mass is 35.5. The summed E-state index contributed by atoms with van der Waals surface area (Å²) in [5.41, 5.74) is 0. The SMILES string of the molecule is CCCC(CS(=O)(=O)c1c(Cl)cccc1Cl)NC. The molecule has 1 aromatic rings. The Labute approximate surface area is 118 Å². The zero-order chi connectivity index (χ0) is 13.8. The Kier molecular flexibility index (Phi) is 5.92. The van der Waals surface area contributed by atoms with E-state index < -0.39 is 9.84 Å². The van der Waals surface area contributed by atoms with Gasteiger partial charge >= 0.3 is 0 Å². The fourth-order valence-corrected chi connectivity index (χ4v) is 4.65. The molecule has 0 radical (unpaired) electrons. The first-order valence-electron chi connectivity index (χ1n) is 5.76. The molecule has 18 heavy (non-hydrogen) atoms. The Morgan fingerprint density at radius 3 is 2.28 bits per heavy atom. The maximum Gasteiger partial charge on any atom is 0.182 e. The molecular formula is C12H17Cl2NO2S. The number of nitrogens with one attached hydrogen (secondary N) is 1. The largest absolute Gasteiger partial charge is 0.316 e. The molecule has 0 fully saturated rings. The highest BCUT2D eigenvalue weighted by Gasteiger charge is 2.24. The molecule has 1 atom stereocenters. The summed E-state index contributed by atoms with van der Waals surface area (Å²) >= 11 is 11.9. The summed E-state index contributed by atoms with van der Waals surface area (Å²) in [6, 6.07) is 4.61. The molecule has 1 N–H and O–H groups in total. The van der Waals surface area contributed by atoms with Gasteiger partial charge in [-0.3, -0.25) is 0 Å². The molecule has 0 aliphatic carbocycles. The average Bonchev–Trinajstić information content (AvgIpc) is 2.27. The molecule has 0 spiro atoms. The third kappa shape index (κ3) is 3.85. The molecule has 0 aliphatic heterocycles. The molecular weight excluding hydrogens is 293 g/mol. The minimum Gasteiger partial charge on any atom is -0.316 e. The van der Waals surface area contributed by atoms with Crippen molar-refractivity contribution in [2.75, 3.05) is 12.8 Å². The predicted octanol–water partition coefficient (Wildman–Crippen LogP) is 3.16. The van der Waals surface area contributed by atoms with Crippen molar-refractivity contribution in [1.29, 1.82) is 0 Å². The molecule has 0 bridgehead atoms. The number of sulfone groups is 1. The molecule has 102 valence electrons. The van der Waals surface area contributed by atoms with Gasteiger partial charge in [0.1, 0.15) is 4.90 Å². The summed E-state index contributed by atoms with van der Waals surface area (Å²) in [5, 5.41) is 3.35. The number of halogens is 2. The fraction of sp³-hybridized carbons (Fsp3) is 0.500. The maximum atomic E-state index is 12.3. The van der Waals surface area contributed by atoms with E-state index in [4.69, 9.17) is 23.2 Å². The van der Waals surface area contributed by atoms with E-state index in [1.165, 1.54) is 12.1 Å². The van der Waals surface area contributed by atoms with Gasteiger partial charge in [0.15, 0.2) is 9.84 Å². The Hall–Kier alpha value is -0.290. The number of benzene rings is 1. The van der Waals surface area contributed by atoms with Gasteiger partial charge < -0.3 is 5.32 Å². The van der Waals surface area contributed by atoms with Crippen molar-refractivity contribution < 1.29 is 8.42 Å². The summed E-state index contributed by atoms with van der Waals surface area (Å²) in [4.78, 5) is 0.0321. The molecule has 0 saturated carbocycles. The quantitative estimate of drug-likeness (QED) is 0.878. The van der Waals surface area contributed by atoms with Crippen LogP contribution in [0.1, 0.15) is 19.8 Å². The Morgan fingerprint density at radius 1 is 1.28 bits per heavy atom. The lowest BCUT2D eigenvalue weighted by atomic mass is 10.2. The first kappa shape index (κ1) is 15.8.